The fourth-order valence-electron chi connectivity index (χ4n) is 3.31. The summed E-state index contributed by atoms with van der Waals surface area (Å²) in [6, 6.07) is 1.65. The molecule has 7 heteroatoms. The molecule has 0 radical (unpaired) electrons. The molecule has 3 rings (SSSR count). The summed E-state index contributed by atoms with van der Waals surface area (Å²) in [7, 11) is 0. The summed E-state index contributed by atoms with van der Waals surface area (Å²) in [6.07, 6.45) is 2.41. The summed E-state index contributed by atoms with van der Waals surface area (Å²) in [5, 5.41) is 2.88. The molecule has 2 amide bonds. The van der Waals surface area contributed by atoms with E-state index in [1.54, 1.807) is 4.90 Å². The average molecular weight is 365 g/mol. The molecule has 6 nitrogen and oxygen atoms in total. The first kappa shape index (κ1) is 18.3. The van der Waals surface area contributed by atoms with Crippen LogP contribution in [-0.2, 0) is 10.5 Å². The first-order chi connectivity index (χ1) is 12.1. The van der Waals surface area contributed by atoms with Gasteiger partial charge in [-0.05, 0) is 25.2 Å². The fourth-order valence-corrected chi connectivity index (χ4v) is 4.46. The highest BCUT2D eigenvalue weighted by molar-refractivity contribution is 7.98. The monoisotopic (exact) mass is 365 g/mol. The third kappa shape index (κ3) is 4.20. The van der Waals surface area contributed by atoms with E-state index in [1.807, 2.05) is 24.8 Å². The standard InChI is InChI=1S/C18H27N3O3S/c1-3-4-9-25-12-14-10-16(24-13(14)2)18(23)21-8-7-20-6-5-19-17(22)15(20)11-21/h10,15H,3-9,11-12H2,1-2H3,(H,19,22)/t15-/m0/s1. The van der Waals surface area contributed by atoms with Crippen molar-refractivity contribution >= 4 is 23.6 Å². The lowest BCUT2D eigenvalue weighted by molar-refractivity contribution is -0.131. The molecule has 2 aliphatic rings. The number of unbranched alkanes of at least 4 members (excludes halogenated alkanes) is 1. The Labute approximate surface area is 153 Å². The van der Waals surface area contributed by atoms with E-state index in [2.05, 4.69) is 17.1 Å². The van der Waals surface area contributed by atoms with E-state index >= 15 is 0 Å². The number of carbonyl (C=O) groups excluding carboxylic acids is 2. The van der Waals surface area contributed by atoms with Crippen LogP contribution in [0.5, 0.6) is 0 Å². The number of nitrogens with zero attached hydrogens (tertiary/aromatic N) is 2. The van der Waals surface area contributed by atoms with E-state index in [1.165, 1.54) is 12.8 Å². The van der Waals surface area contributed by atoms with E-state index in [9.17, 15) is 9.59 Å². The number of aryl methyl sites for hydroxylation is 1. The number of rotatable bonds is 6. The van der Waals surface area contributed by atoms with Crippen LogP contribution in [0.3, 0.4) is 0 Å². The van der Waals surface area contributed by atoms with Gasteiger partial charge < -0.3 is 14.6 Å². The Hall–Kier alpha value is -1.47. The van der Waals surface area contributed by atoms with Gasteiger partial charge in [-0.2, -0.15) is 11.8 Å². The number of piperazine rings is 2. The molecule has 2 saturated heterocycles. The summed E-state index contributed by atoms with van der Waals surface area (Å²) in [5.41, 5.74) is 1.10. The minimum Gasteiger partial charge on any atom is -0.456 e. The Kier molecular flexibility index (Phi) is 6.06. The lowest BCUT2D eigenvalue weighted by atomic mass is 10.1. The second-order valence-corrected chi connectivity index (χ2v) is 7.80. The summed E-state index contributed by atoms with van der Waals surface area (Å²) < 4.78 is 5.73. The van der Waals surface area contributed by atoms with Crippen molar-refractivity contribution < 1.29 is 14.0 Å². The lowest BCUT2D eigenvalue weighted by Gasteiger charge is -2.42. The summed E-state index contributed by atoms with van der Waals surface area (Å²) in [6.45, 7) is 7.47. The largest absolute Gasteiger partial charge is 0.456 e. The molecule has 0 bridgehead atoms. The van der Waals surface area contributed by atoms with Crippen molar-refractivity contribution in [2.75, 3.05) is 38.5 Å². The van der Waals surface area contributed by atoms with Crippen molar-refractivity contribution in [3.05, 3.63) is 23.2 Å². The van der Waals surface area contributed by atoms with Gasteiger partial charge in [-0.25, -0.2) is 0 Å². The molecule has 0 saturated carbocycles. The number of nitrogens with one attached hydrogen (secondary N) is 1. The Morgan fingerprint density at radius 2 is 2.24 bits per heavy atom. The molecule has 2 aliphatic heterocycles. The maximum atomic E-state index is 12.8. The molecule has 1 N–H and O–H groups in total. The van der Waals surface area contributed by atoms with Crippen LogP contribution in [0, 0.1) is 6.92 Å². The summed E-state index contributed by atoms with van der Waals surface area (Å²) in [5.74, 6) is 3.14. The number of thioether (sulfide) groups is 1. The van der Waals surface area contributed by atoms with Gasteiger partial charge in [0.05, 0.1) is 0 Å². The Balaban J connectivity index is 1.62. The second-order valence-electron chi connectivity index (χ2n) is 6.69. The Bertz CT molecular complexity index is 631. The second kappa shape index (κ2) is 8.27. The van der Waals surface area contributed by atoms with Gasteiger partial charge in [-0.3, -0.25) is 14.5 Å². The van der Waals surface area contributed by atoms with Gasteiger partial charge in [-0.1, -0.05) is 13.3 Å². The van der Waals surface area contributed by atoms with Crippen LogP contribution in [-0.4, -0.2) is 66.1 Å². The zero-order valence-electron chi connectivity index (χ0n) is 15.0. The van der Waals surface area contributed by atoms with Crippen molar-refractivity contribution in [2.24, 2.45) is 0 Å². The topological polar surface area (TPSA) is 65.8 Å². The third-order valence-corrected chi connectivity index (χ3v) is 6.00. The molecule has 0 aromatic carbocycles. The van der Waals surface area contributed by atoms with Gasteiger partial charge in [0, 0.05) is 44.0 Å². The van der Waals surface area contributed by atoms with E-state index in [-0.39, 0.29) is 17.9 Å². The van der Waals surface area contributed by atoms with Crippen LogP contribution >= 0.6 is 11.8 Å². The summed E-state index contributed by atoms with van der Waals surface area (Å²) in [4.78, 5) is 28.8. The van der Waals surface area contributed by atoms with Crippen molar-refractivity contribution in [3.8, 4) is 0 Å². The van der Waals surface area contributed by atoms with E-state index < -0.39 is 0 Å². The van der Waals surface area contributed by atoms with Crippen molar-refractivity contribution in [1.82, 2.24) is 15.1 Å². The van der Waals surface area contributed by atoms with Crippen LogP contribution in [0.4, 0.5) is 0 Å². The predicted molar refractivity (Wildman–Crippen MR) is 98.8 cm³/mol. The third-order valence-electron chi connectivity index (χ3n) is 4.91. The molecule has 25 heavy (non-hydrogen) atoms. The molecule has 138 valence electrons. The Morgan fingerprint density at radius 3 is 3.04 bits per heavy atom. The molecule has 0 spiro atoms. The van der Waals surface area contributed by atoms with E-state index in [0.717, 1.165) is 35.9 Å². The molecule has 0 unspecified atom stereocenters. The molecule has 0 aliphatic carbocycles. The van der Waals surface area contributed by atoms with Gasteiger partial charge in [-0.15, -0.1) is 0 Å². The minimum absolute atomic E-state index is 0.0207. The normalized spacial score (nSPS) is 21.1. The van der Waals surface area contributed by atoms with Crippen LogP contribution in [0.2, 0.25) is 0 Å². The molecule has 1 atom stereocenters. The molecule has 1 aromatic rings. The molecule has 3 heterocycles. The Morgan fingerprint density at radius 1 is 1.40 bits per heavy atom. The first-order valence-electron chi connectivity index (χ1n) is 9.08. The zero-order chi connectivity index (χ0) is 17.8. The average Bonchev–Trinajstić information content (AvgIpc) is 2.99. The highest BCUT2D eigenvalue weighted by Gasteiger charge is 2.37. The number of hydrogen-bond donors (Lipinski definition) is 1. The lowest BCUT2D eigenvalue weighted by Crippen LogP contribution is -2.64. The zero-order valence-corrected chi connectivity index (χ0v) is 15.9. The van der Waals surface area contributed by atoms with Gasteiger partial charge in [0.15, 0.2) is 5.76 Å². The highest BCUT2D eigenvalue weighted by Crippen LogP contribution is 2.23. The maximum Gasteiger partial charge on any atom is 0.289 e. The molecular weight excluding hydrogens is 338 g/mol. The van der Waals surface area contributed by atoms with Crippen LogP contribution in [0.25, 0.3) is 0 Å². The molecular formula is C18H27N3O3S. The molecule has 1 aromatic heterocycles. The first-order valence-corrected chi connectivity index (χ1v) is 10.2. The number of carbonyl (C=O) groups is 2. The SMILES string of the molecule is CCCCSCc1cc(C(=O)N2CCN3CCNC(=O)[C@@H]3C2)oc1C. The van der Waals surface area contributed by atoms with Crippen LogP contribution < -0.4 is 5.32 Å². The number of fused-ring (bicyclic) bond motifs is 1. The minimum atomic E-state index is -0.230. The van der Waals surface area contributed by atoms with Gasteiger partial charge in [0.25, 0.3) is 5.91 Å². The number of amides is 2. The van der Waals surface area contributed by atoms with Crippen molar-refractivity contribution in [3.63, 3.8) is 0 Å². The van der Waals surface area contributed by atoms with E-state index in [0.29, 0.717) is 25.4 Å². The van der Waals surface area contributed by atoms with Crippen LogP contribution in [0.1, 0.15) is 41.6 Å². The fraction of sp³-hybridized carbons (Fsp3) is 0.667. The van der Waals surface area contributed by atoms with Gasteiger partial charge >= 0.3 is 0 Å². The van der Waals surface area contributed by atoms with Crippen molar-refractivity contribution in [2.45, 2.75) is 38.5 Å². The number of furan rings is 1. The van der Waals surface area contributed by atoms with Gasteiger partial charge in [0.2, 0.25) is 5.91 Å². The highest BCUT2D eigenvalue weighted by atomic mass is 32.2. The van der Waals surface area contributed by atoms with Gasteiger partial charge in [0.1, 0.15) is 11.8 Å². The summed E-state index contributed by atoms with van der Waals surface area (Å²) >= 11 is 1.88. The smallest absolute Gasteiger partial charge is 0.289 e. The van der Waals surface area contributed by atoms with E-state index in [4.69, 9.17) is 4.42 Å². The maximum absolute atomic E-state index is 12.8. The molecule has 2 fully saturated rings. The predicted octanol–water partition coefficient (Wildman–Crippen LogP) is 1.88. The van der Waals surface area contributed by atoms with Crippen LogP contribution in [0.15, 0.2) is 10.5 Å². The quantitative estimate of drug-likeness (QED) is 0.780. The number of hydrogen-bond acceptors (Lipinski definition) is 5. The van der Waals surface area contributed by atoms with Crippen molar-refractivity contribution in [1.29, 1.82) is 0 Å².